The van der Waals surface area contributed by atoms with Crippen LogP contribution in [0.2, 0.25) is 0 Å². The molecule has 0 spiro atoms. The predicted molar refractivity (Wildman–Crippen MR) is 116 cm³/mol. The van der Waals surface area contributed by atoms with E-state index in [1.165, 1.54) is 47.5 Å². The Morgan fingerprint density at radius 3 is 2.65 bits per heavy atom. The first kappa shape index (κ1) is 21.8. The van der Waals surface area contributed by atoms with Crippen LogP contribution in [0.1, 0.15) is 66.2 Å². The van der Waals surface area contributed by atoms with Crippen molar-refractivity contribution in [3.8, 4) is 0 Å². The van der Waals surface area contributed by atoms with Gasteiger partial charge in [-0.05, 0) is 85.4 Å². The van der Waals surface area contributed by atoms with E-state index in [-0.39, 0.29) is 6.61 Å². The summed E-state index contributed by atoms with van der Waals surface area (Å²) >= 11 is 2.12. The summed E-state index contributed by atoms with van der Waals surface area (Å²) < 4.78 is 0. The van der Waals surface area contributed by atoms with Crippen LogP contribution >= 0.6 is 11.8 Å². The maximum absolute atomic E-state index is 9.50. The first-order valence-electron chi connectivity index (χ1n) is 10.2. The van der Waals surface area contributed by atoms with E-state index in [9.17, 15) is 5.11 Å². The van der Waals surface area contributed by atoms with Crippen LogP contribution in [-0.2, 0) is 0 Å². The summed E-state index contributed by atoms with van der Waals surface area (Å²) in [5, 5.41) is 9.50. The second-order valence-corrected chi connectivity index (χ2v) is 10.7. The maximum atomic E-state index is 9.50. The lowest BCUT2D eigenvalue weighted by atomic mass is 9.81. The van der Waals surface area contributed by atoms with Gasteiger partial charge in [-0.15, -0.1) is 0 Å². The number of allylic oxidation sites excluding steroid dienone is 5. The molecule has 0 saturated heterocycles. The Labute approximate surface area is 165 Å². The molecule has 2 saturated carbocycles. The molecule has 2 nitrogen and oxygen atoms in total. The summed E-state index contributed by atoms with van der Waals surface area (Å²) in [6.45, 7) is 13.6. The van der Waals surface area contributed by atoms with Gasteiger partial charge in [0.05, 0.1) is 6.61 Å². The van der Waals surface area contributed by atoms with E-state index < -0.39 is 5.54 Å². The van der Waals surface area contributed by atoms with Gasteiger partial charge in [0.2, 0.25) is 0 Å². The lowest BCUT2D eigenvalue weighted by molar-refractivity contribution is 0.197. The third-order valence-electron chi connectivity index (χ3n) is 5.82. The van der Waals surface area contributed by atoms with E-state index in [1.54, 1.807) is 0 Å². The van der Waals surface area contributed by atoms with Gasteiger partial charge in [-0.25, -0.2) is 0 Å². The van der Waals surface area contributed by atoms with Gasteiger partial charge in [0.25, 0.3) is 0 Å². The molecule has 2 fully saturated rings. The van der Waals surface area contributed by atoms with E-state index in [1.807, 2.05) is 0 Å². The van der Waals surface area contributed by atoms with Crippen LogP contribution < -0.4 is 5.73 Å². The largest absolute Gasteiger partial charge is 0.394 e. The van der Waals surface area contributed by atoms with Gasteiger partial charge in [-0.1, -0.05) is 45.1 Å². The van der Waals surface area contributed by atoms with Crippen LogP contribution in [0.25, 0.3) is 0 Å². The molecule has 26 heavy (non-hydrogen) atoms. The van der Waals surface area contributed by atoms with E-state index >= 15 is 0 Å². The van der Waals surface area contributed by atoms with Crippen LogP contribution in [0.3, 0.4) is 0 Å². The fourth-order valence-electron chi connectivity index (χ4n) is 4.16. The Hall–Kier alpha value is -0.510. The van der Waals surface area contributed by atoms with Crippen molar-refractivity contribution >= 4 is 11.8 Å². The Morgan fingerprint density at radius 2 is 2.08 bits per heavy atom. The van der Waals surface area contributed by atoms with E-state index in [4.69, 9.17) is 5.73 Å². The minimum absolute atomic E-state index is 0.0847. The summed E-state index contributed by atoms with van der Waals surface area (Å²) in [6, 6.07) is 0. The van der Waals surface area contributed by atoms with Crippen molar-refractivity contribution in [3.05, 3.63) is 35.5 Å². The number of rotatable bonds is 6. The summed E-state index contributed by atoms with van der Waals surface area (Å²) in [5.41, 5.74) is 10.5. The van der Waals surface area contributed by atoms with Crippen molar-refractivity contribution in [1.82, 2.24) is 0 Å². The van der Waals surface area contributed by atoms with E-state index in [0.29, 0.717) is 11.3 Å². The minimum Gasteiger partial charge on any atom is -0.394 e. The maximum Gasteiger partial charge on any atom is 0.0611 e. The van der Waals surface area contributed by atoms with Crippen molar-refractivity contribution < 1.29 is 5.11 Å². The molecule has 148 valence electrons. The average Bonchev–Trinajstić information content (AvgIpc) is 2.98. The van der Waals surface area contributed by atoms with Gasteiger partial charge in [-0.2, -0.15) is 11.8 Å². The zero-order valence-corrected chi connectivity index (χ0v) is 18.1. The smallest absolute Gasteiger partial charge is 0.0611 e. The van der Waals surface area contributed by atoms with Crippen LogP contribution in [0, 0.1) is 17.3 Å². The number of hydrogen-bond acceptors (Lipinski definition) is 3. The highest BCUT2D eigenvalue weighted by atomic mass is 32.2. The molecule has 3 N–H and O–H groups in total. The number of thioether (sulfide) groups is 1. The van der Waals surface area contributed by atoms with Crippen molar-refractivity contribution in [2.24, 2.45) is 23.0 Å². The molecule has 0 amide bonds. The topological polar surface area (TPSA) is 46.2 Å². The first-order valence-corrected chi connectivity index (χ1v) is 11.3. The van der Waals surface area contributed by atoms with Gasteiger partial charge in [0.1, 0.15) is 0 Å². The highest BCUT2D eigenvalue weighted by Gasteiger charge is 2.36. The molecule has 0 aromatic rings. The predicted octanol–water partition coefficient (Wildman–Crippen LogP) is 5.48. The normalized spacial score (nSPS) is 33.2. The highest BCUT2D eigenvalue weighted by Crippen LogP contribution is 2.40. The van der Waals surface area contributed by atoms with Crippen LogP contribution in [-0.4, -0.2) is 28.8 Å². The Kier molecular flexibility index (Phi) is 7.64. The Balaban J connectivity index is 1.91. The molecule has 0 aromatic carbocycles. The third kappa shape index (κ3) is 6.28. The molecule has 0 bridgehead atoms. The lowest BCUT2D eigenvalue weighted by Gasteiger charge is -2.28. The van der Waals surface area contributed by atoms with E-state index in [2.05, 4.69) is 58.2 Å². The van der Waals surface area contributed by atoms with Gasteiger partial charge in [0.15, 0.2) is 0 Å². The highest BCUT2D eigenvalue weighted by molar-refractivity contribution is 7.99. The van der Waals surface area contributed by atoms with Crippen molar-refractivity contribution in [2.45, 2.75) is 71.8 Å². The van der Waals surface area contributed by atoms with Gasteiger partial charge < -0.3 is 10.8 Å². The molecule has 0 heterocycles. The number of aliphatic hydroxyl groups is 1. The molecular formula is C23H39NOS. The summed E-state index contributed by atoms with van der Waals surface area (Å²) in [7, 11) is 0. The molecule has 2 aliphatic carbocycles. The van der Waals surface area contributed by atoms with E-state index in [0.717, 1.165) is 25.2 Å². The molecule has 0 unspecified atom stereocenters. The molecular weight excluding hydrogens is 338 g/mol. The fraction of sp³-hybridized carbons (Fsp3) is 0.739. The molecule has 3 atom stereocenters. The van der Waals surface area contributed by atoms with Gasteiger partial charge in [0, 0.05) is 5.54 Å². The molecule has 0 aliphatic heterocycles. The first-order chi connectivity index (χ1) is 12.2. The Morgan fingerprint density at radius 1 is 1.35 bits per heavy atom. The number of hydrogen-bond donors (Lipinski definition) is 2. The molecule has 0 aromatic heterocycles. The second-order valence-electron chi connectivity index (χ2n) is 9.70. The lowest BCUT2D eigenvalue weighted by Crippen LogP contribution is -2.40. The van der Waals surface area contributed by atoms with Crippen molar-refractivity contribution in [1.29, 1.82) is 0 Å². The van der Waals surface area contributed by atoms with Crippen molar-refractivity contribution in [2.75, 3.05) is 18.1 Å². The second kappa shape index (κ2) is 9.12. The average molecular weight is 378 g/mol. The molecule has 2 aliphatic rings. The monoisotopic (exact) mass is 377 g/mol. The van der Waals surface area contributed by atoms with Crippen LogP contribution in [0.5, 0.6) is 0 Å². The van der Waals surface area contributed by atoms with Gasteiger partial charge in [-0.3, -0.25) is 0 Å². The summed E-state index contributed by atoms with van der Waals surface area (Å²) in [4.78, 5) is 0. The number of aliphatic hydroxyl groups excluding tert-OH is 1. The standard InChI is InChI=1S/C23H39NOS/c1-6-19-12-18(14-26-16-22(3,4)5)7-8-20(19)11-17(2)21-9-10-23(24,13-21)15-25/h6,11,18,21,25H,2,7-10,12-16,24H2,1,3-5H3/b19-6-,20-11-/t18-,21-,23+/m0/s1. The SMILES string of the molecule is C=C(/C=C1/CC[C@H](CSCC(C)(C)C)C/C1=C/C)[C@H]1CC[C@](N)(CO)C1. The minimum atomic E-state index is -0.391. The van der Waals surface area contributed by atoms with Gasteiger partial charge >= 0.3 is 0 Å². The summed E-state index contributed by atoms with van der Waals surface area (Å²) in [6.07, 6.45) is 11.1. The Bertz CT molecular complexity index is 557. The quantitative estimate of drug-likeness (QED) is 0.644. The third-order valence-corrected chi connectivity index (χ3v) is 7.60. The molecule has 3 heteroatoms. The van der Waals surface area contributed by atoms with Crippen LogP contribution in [0.15, 0.2) is 35.5 Å². The number of nitrogens with two attached hydrogens (primary N) is 1. The molecule has 0 radical (unpaired) electrons. The molecule has 2 rings (SSSR count). The fourth-order valence-corrected chi connectivity index (χ4v) is 5.51. The zero-order chi connectivity index (χ0) is 19.4. The van der Waals surface area contributed by atoms with Crippen LogP contribution in [0.4, 0.5) is 0 Å². The van der Waals surface area contributed by atoms with Crippen molar-refractivity contribution in [3.63, 3.8) is 0 Å². The zero-order valence-electron chi connectivity index (χ0n) is 17.3. The summed E-state index contributed by atoms with van der Waals surface area (Å²) in [5.74, 6) is 3.74.